The van der Waals surface area contributed by atoms with E-state index < -0.39 is 4.92 Å². The van der Waals surface area contributed by atoms with Gasteiger partial charge in [0.1, 0.15) is 6.20 Å². The Balaban J connectivity index is 1.79. The molecule has 1 fully saturated rings. The van der Waals surface area contributed by atoms with Gasteiger partial charge in [-0.3, -0.25) is 15.0 Å². The van der Waals surface area contributed by atoms with E-state index in [2.05, 4.69) is 20.2 Å². The number of benzene rings is 1. The van der Waals surface area contributed by atoms with Crippen molar-refractivity contribution in [3.8, 4) is 0 Å². The molecule has 2 aromatic rings. The Morgan fingerprint density at radius 2 is 2.04 bits per heavy atom. The Morgan fingerprint density at radius 1 is 1.32 bits per heavy atom. The molecule has 25 heavy (non-hydrogen) atoms. The summed E-state index contributed by atoms with van der Waals surface area (Å²) in [4.78, 5) is 20.6. The summed E-state index contributed by atoms with van der Waals surface area (Å²) in [5.74, 6) is 0.117. The third-order valence-electron chi connectivity index (χ3n) is 4.04. The molecule has 1 atom stereocenters. The van der Waals surface area contributed by atoms with Crippen molar-refractivity contribution in [2.75, 3.05) is 43.9 Å². The molecule has 3 rings (SSSR count). The van der Waals surface area contributed by atoms with Crippen LogP contribution in [0.1, 0.15) is 11.6 Å². The van der Waals surface area contributed by atoms with Crippen LogP contribution >= 0.6 is 0 Å². The van der Waals surface area contributed by atoms with Crippen LogP contribution in [0.3, 0.4) is 0 Å². The van der Waals surface area contributed by atoms with Crippen molar-refractivity contribution in [2.24, 2.45) is 0 Å². The molecular formula is C16H20N6O3. The molecular weight excluding hydrogens is 324 g/mol. The third-order valence-corrected chi connectivity index (χ3v) is 4.04. The number of nitrogens with two attached hydrogens (primary N) is 1. The van der Waals surface area contributed by atoms with E-state index in [9.17, 15) is 10.1 Å². The van der Waals surface area contributed by atoms with Crippen molar-refractivity contribution in [2.45, 2.75) is 6.04 Å². The summed E-state index contributed by atoms with van der Waals surface area (Å²) in [5, 5.41) is 14.1. The maximum atomic E-state index is 10.8. The van der Waals surface area contributed by atoms with Crippen LogP contribution in [-0.2, 0) is 4.74 Å². The molecule has 1 aliphatic rings. The highest BCUT2D eigenvalue weighted by atomic mass is 16.6. The number of anilines is 2. The largest absolute Gasteiger partial charge is 0.379 e. The number of morpholine rings is 1. The standard InChI is InChI=1S/C16H20N6O3/c17-15-14(22(23)24)10-18-16(20-15)19-13(12-4-2-1-3-5-12)11-21-6-8-25-9-7-21/h1-5,10,13H,6-9,11H2,(H3,17,18,19,20). The van der Waals surface area contributed by atoms with Crippen LogP contribution in [0.2, 0.25) is 0 Å². The van der Waals surface area contributed by atoms with Crippen molar-refractivity contribution in [1.29, 1.82) is 0 Å². The smallest absolute Gasteiger partial charge is 0.329 e. The van der Waals surface area contributed by atoms with E-state index in [-0.39, 0.29) is 23.5 Å². The number of rotatable bonds is 6. The second-order valence-electron chi connectivity index (χ2n) is 5.74. The monoisotopic (exact) mass is 344 g/mol. The first-order valence-corrected chi connectivity index (χ1v) is 8.02. The zero-order valence-corrected chi connectivity index (χ0v) is 13.7. The summed E-state index contributed by atoms with van der Waals surface area (Å²) in [7, 11) is 0. The number of nitrogen functional groups attached to an aromatic ring is 1. The van der Waals surface area contributed by atoms with E-state index in [1.165, 1.54) is 0 Å². The number of nitrogens with zero attached hydrogens (tertiary/aromatic N) is 4. The molecule has 1 aromatic carbocycles. The van der Waals surface area contributed by atoms with Crippen LogP contribution in [0.4, 0.5) is 17.5 Å². The first kappa shape index (κ1) is 17.1. The van der Waals surface area contributed by atoms with Gasteiger partial charge in [0.25, 0.3) is 0 Å². The van der Waals surface area contributed by atoms with E-state index >= 15 is 0 Å². The highest BCUT2D eigenvalue weighted by Gasteiger charge is 2.20. The molecule has 0 radical (unpaired) electrons. The average molecular weight is 344 g/mol. The van der Waals surface area contributed by atoms with Gasteiger partial charge in [-0.05, 0) is 5.56 Å². The van der Waals surface area contributed by atoms with Gasteiger partial charge in [0.15, 0.2) is 0 Å². The Hall–Kier alpha value is -2.78. The fourth-order valence-corrected chi connectivity index (χ4v) is 2.72. The van der Waals surface area contributed by atoms with Gasteiger partial charge in [0, 0.05) is 19.6 Å². The molecule has 0 spiro atoms. The van der Waals surface area contributed by atoms with Crippen LogP contribution in [0, 0.1) is 10.1 Å². The van der Waals surface area contributed by atoms with Crippen LogP contribution in [0.25, 0.3) is 0 Å². The summed E-state index contributed by atoms with van der Waals surface area (Å²) in [6.07, 6.45) is 1.13. The highest BCUT2D eigenvalue weighted by molar-refractivity contribution is 5.53. The lowest BCUT2D eigenvalue weighted by molar-refractivity contribution is -0.384. The zero-order chi connectivity index (χ0) is 17.6. The second kappa shape index (κ2) is 7.86. The summed E-state index contributed by atoms with van der Waals surface area (Å²) < 4.78 is 5.39. The molecule has 9 heteroatoms. The van der Waals surface area contributed by atoms with Gasteiger partial charge in [-0.15, -0.1) is 0 Å². The number of nitro groups is 1. The lowest BCUT2D eigenvalue weighted by Crippen LogP contribution is -2.40. The molecule has 0 amide bonds. The van der Waals surface area contributed by atoms with Gasteiger partial charge in [0.05, 0.1) is 24.2 Å². The van der Waals surface area contributed by atoms with E-state index in [1.807, 2.05) is 30.3 Å². The number of ether oxygens (including phenoxy) is 1. The normalized spacial score (nSPS) is 16.3. The SMILES string of the molecule is Nc1nc(NC(CN2CCOCC2)c2ccccc2)ncc1[N+](=O)[O-]. The number of hydrogen-bond donors (Lipinski definition) is 2. The summed E-state index contributed by atoms with van der Waals surface area (Å²) >= 11 is 0. The Bertz CT molecular complexity index is 721. The quantitative estimate of drug-likeness (QED) is 0.597. The summed E-state index contributed by atoms with van der Waals surface area (Å²) in [5.41, 5.74) is 6.44. The average Bonchev–Trinajstić information content (AvgIpc) is 2.62. The van der Waals surface area contributed by atoms with Crippen LogP contribution in [-0.4, -0.2) is 52.6 Å². The van der Waals surface area contributed by atoms with Gasteiger partial charge in [-0.1, -0.05) is 30.3 Å². The summed E-state index contributed by atoms with van der Waals surface area (Å²) in [6, 6.07) is 9.86. The molecule has 9 nitrogen and oxygen atoms in total. The topological polar surface area (TPSA) is 119 Å². The van der Waals surface area contributed by atoms with Crippen LogP contribution in [0.5, 0.6) is 0 Å². The van der Waals surface area contributed by atoms with Crippen molar-refractivity contribution in [3.63, 3.8) is 0 Å². The van der Waals surface area contributed by atoms with E-state index in [0.717, 1.165) is 31.4 Å². The Kier molecular flexibility index (Phi) is 5.36. The maximum absolute atomic E-state index is 10.8. The van der Waals surface area contributed by atoms with E-state index in [0.29, 0.717) is 13.2 Å². The molecule has 3 N–H and O–H groups in total. The molecule has 1 unspecified atom stereocenters. The van der Waals surface area contributed by atoms with E-state index in [1.54, 1.807) is 0 Å². The lowest BCUT2D eigenvalue weighted by atomic mass is 10.1. The minimum absolute atomic E-state index is 0.0693. The molecule has 1 saturated heterocycles. The molecule has 132 valence electrons. The van der Waals surface area contributed by atoms with Gasteiger partial charge >= 0.3 is 5.69 Å². The second-order valence-corrected chi connectivity index (χ2v) is 5.74. The van der Waals surface area contributed by atoms with Crippen LogP contribution < -0.4 is 11.1 Å². The molecule has 0 aliphatic carbocycles. The third kappa shape index (κ3) is 4.40. The lowest BCUT2D eigenvalue weighted by Gasteiger charge is -2.31. The first-order chi connectivity index (χ1) is 12.1. The zero-order valence-electron chi connectivity index (χ0n) is 13.7. The highest BCUT2D eigenvalue weighted by Crippen LogP contribution is 2.23. The molecule has 0 saturated carbocycles. The van der Waals surface area contributed by atoms with Crippen LogP contribution in [0.15, 0.2) is 36.5 Å². The number of nitrogens with one attached hydrogen (secondary N) is 1. The summed E-state index contributed by atoms with van der Waals surface area (Å²) in [6.45, 7) is 3.88. The molecule has 0 bridgehead atoms. The first-order valence-electron chi connectivity index (χ1n) is 8.02. The fourth-order valence-electron chi connectivity index (χ4n) is 2.72. The predicted octanol–water partition coefficient (Wildman–Crippen LogP) is 1.45. The molecule has 2 heterocycles. The van der Waals surface area contributed by atoms with E-state index in [4.69, 9.17) is 10.5 Å². The van der Waals surface area contributed by atoms with Crippen molar-refractivity contribution in [3.05, 3.63) is 52.2 Å². The fraction of sp³-hybridized carbons (Fsp3) is 0.375. The Morgan fingerprint density at radius 3 is 2.68 bits per heavy atom. The van der Waals surface area contributed by atoms with Gasteiger partial charge in [-0.2, -0.15) is 4.98 Å². The van der Waals surface area contributed by atoms with Crippen molar-refractivity contribution in [1.82, 2.24) is 14.9 Å². The minimum atomic E-state index is -0.596. The van der Waals surface area contributed by atoms with Gasteiger partial charge in [0.2, 0.25) is 11.8 Å². The minimum Gasteiger partial charge on any atom is -0.379 e. The molecule has 1 aliphatic heterocycles. The number of hydrogen-bond acceptors (Lipinski definition) is 8. The maximum Gasteiger partial charge on any atom is 0.329 e. The predicted molar refractivity (Wildman–Crippen MR) is 93.2 cm³/mol. The Labute approximate surface area is 145 Å². The van der Waals surface area contributed by atoms with Gasteiger partial charge in [-0.25, -0.2) is 4.98 Å². The van der Waals surface area contributed by atoms with Crippen molar-refractivity contribution >= 4 is 17.5 Å². The van der Waals surface area contributed by atoms with Gasteiger partial charge < -0.3 is 15.8 Å². The van der Waals surface area contributed by atoms with Crippen molar-refractivity contribution < 1.29 is 9.66 Å². The molecule has 1 aromatic heterocycles. The number of aromatic nitrogens is 2.